The summed E-state index contributed by atoms with van der Waals surface area (Å²) in [5.74, 6) is 1.85. The van der Waals surface area contributed by atoms with Crippen molar-refractivity contribution in [2.45, 2.75) is 29.6 Å². The third kappa shape index (κ3) is 4.35. The SMILES string of the molecule is COc1ccc([C@@H]2Sc3ccccc3N=C3c4ccccc4CC[C@@H]32)cc1OCc1ccccc1. The van der Waals surface area contributed by atoms with Gasteiger partial charge in [0.15, 0.2) is 11.5 Å². The maximum atomic E-state index is 6.27. The fourth-order valence-electron chi connectivity index (χ4n) is 5.09. The van der Waals surface area contributed by atoms with Crippen LogP contribution in [-0.4, -0.2) is 12.8 Å². The van der Waals surface area contributed by atoms with Crippen LogP contribution in [0.25, 0.3) is 0 Å². The molecule has 6 rings (SSSR count). The summed E-state index contributed by atoms with van der Waals surface area (Å²) in [7, 11) is 1.70. The van der Waals surface area contributed by atoms with Crippen molar-refractivity contribution in [1.29, 1.82) is 0 Å². The molecule has 0 N–H and O–H groups in total. The summed E-state index contributed by atoms with van der Waals surface area (Å²) < 4.78 is 11.9. The third-order valence-electron chi connectivity index (χ3n) is 6.85. The predicted molar refractivity (Wildman–Crippen MR) is 143 cm³/mol. The predicted octanol–water partition coefficient (Wildman–Crippen LogP) is 7.80. The molecule has 0 spiro atoms. The number of nitrogens with zero attached hydrogens (tertiary/aromatic N) is 1. The molecular formula is C31H27NO2S. The Hall–Kier alpha value is -3.50. The van der Waals surface area contributed by atoms with Gasteiger partial charge >= 0.3 is 0 Å². The molecule has 0 bridgehead atoms. The zero-order valence-electron chi connectivity index (χ0n) is 19.7. The van der Waals surface area contributed by atoms with Gasteiger partial charge in [-0.15, -0.1) is 11.8 Å². The fourth-order valence-corrected chi connectivity index (χ4v) is 6.47. The molecule has 4 aromatic rings. The van der Waals surface area contributed by atoms with E-state index in [0.717, 1.165) is 35.6 Å². The molecule has 2 aliphatic rings. The van der Waals surface area contributed by atoms with E-state index in [1.165, 1.54) is 27.3 Å². The maximum Gasteiger partial charge on any atom is 0.161 e. The van der Waals surface area contributed by atoms with E-state index in [2.05, 4.69) is 72.8 Å². The van der Waals surface area contributed by atoms with Gasteiger partial charge in [0.1, 0.15) is 6.61 Å². The monoisotopic (exact) mass is 477 g/mol. The van der Waals surface area contributed by atoms with E-state index in [1.54, 1.807) is 7.11 Å². The van der Waals surface area contributed by atoms with Crippen LogP contribution in [0.3, 0.4) is 0 Å². The lowest BCUT2D eigenvalue weighted by Gasteiger charge is -2.32. The Morgan fingerprint density at radius 3 is 2.54 bits per heavy atom. The van der Waals surface area contributed by atoms with Gasteiger partial charge in [0.25, 0.3) is 0 Å². The van der Waals surface area contributed by atoms with Gasteiger partial charge in [-0.05, 0) is 59.4 Å². The zero-order valence-corrected chi connectivity index (χ0v) is 20.5. The minimum Gasteiger partial charge on any atom is -0.493 e. The number of methoxy groups -OCH3 is 1. The van der Waals surface area contributed by atoms with Crippen LogP contribution in [0.5, 0.6) is 11.5 Å². The van der Waals surface area contributed by atoms with Crippen LogP contribution in [0.15, 0.2) is 107 Å². The molecule has 0 amide bonds. The molecule has 1 aliphatic heterocycles. The lowest BCUT2D eigenvalue weighted by Crippen LogP contribution is -2.27. The Bertz CT molecular complexity index is 1380. The maximum absolute atomic E-state index is 6.27. The summed E-state index contributed by atoms with van der Waals surface area (Å²) in [6, 6.07) is 33.9. The first kappa shape index (κ1) is 22.0. The lowest BCUT2D eigenvalue weighted by molar-refractivity contribution is 0.284. The highest BCUT2D eigenvalue weighted by molar-refractivity contribution is 7.99. The van der Waals surface area contributed by atoms with Gasteiger partial charge in [-0.3, -0.25) is 4.99 Å². The Labute approximate surface area is 210 Å². The average molecular weight is 478 g/mol. The van der Waals surface area contributed by atoms with Crippen molar-refractivity contribution in [3.63, 3.8) is 0 Å². The molecule has 1 aliphatic carbocycles. The molecule has 0 unspecified atom stereocenters. The number of benzene rings is 4. The quantitative estimate of drug-likeness (QED) is 0.294. The van der Waals surface area contributed by atoms with Gasteiger partial charge in [-0.25, -0.2) is 0 Å². The van der Waals surface area contributed by atoms with Crippen molar-refractivity contribution in [1.82, 2.24) is 0 Å². The van der Waals surface area contributed by atoms with Crippen molar-refractivity contribution in [3.8, 4) is 11.5 Å². The largest absolute Gasteiger partial charge is 0.493 e. The molecule has 0 saturated carbocycles. The van der Waals surface area contributed by atoms with E-state index in [0.29, 0.717) is 12.5 Å². The summed E-state index contributed by atoms with van der Waals surface area (Å²) in [5, 5.41) is 0.232. The average Bonchev–Trinajstić information content (AvgIpc) is 3.09. The molecule has 2 atom stereocenters. The molecule has 0 fully saturated rings. The van der Waals surface area contributed by atoms with Crippen LogP contribution >= 0.6 is 11.8 Å². The Balaban J connectivity index is 1.40. The first-order chi connectivity index (χ1) is 17.3. The minimum atomic E-state index is 0.232. The summed E-state index contributed by atoms with van der Waals surface area (Å²) in [6.07, 6.45) is 2.15. The number of aliphatic imine (C=N–C) groups is 1. The van der Waals surface area contributed by atoms with Gasteiger partial charge in [-0.2, -0.15) is 0 Å². The molecule has 174 valence electrons. The van der Waals surface area contributed by atoms with Gasteiger partial charge < -0.3 is 9.47 Å². The van der Waals surface area contributed by atoms with Crippen LogP contribution in [-0.2, 0) is 13.0 Å². The van der Waals surface area contributed by atoms with Gasteiger partial charge in [-0.1, -0.05) is 72.8 Å². The second-order valence-electron chi connectivity index (χ2n) is 8.99. The van der Waals surface area contributed by atoms with Crippen LogP contribution in [0.2, 0.25) is 0 Å². The number of hydrogen-bond acceptors (Lipinski definition) is 4. The third-order valence-corrected chi connectivity index (χ3v) is 8.30. The van der Waals surface area contributed by atoms with Gasteiger partial charge in [0.05, 0.1) is 18.5 Å². The molecular weight excluding hydrogens is 450 g/mol. The molecule has 35 heavy (non-hydrogen) atoms. The van der Waals surface area contributed by atoms with E-state index in [1.807, 2.05) is 36.0 Å². The summed E-state index contributed by atoms with van der Waals surface area (Å²) >= 11 is 1.92. The smallest absolute Gasteiger partial charge is 0.161 e. The number of thioether (sulfide) groups is 1. The summed E-state index contributed by atoms with van der Waals surface area (Å²) in [5.41, 5.74) is 7.33. The Kier molecular flexibility index (Phi) is 6.05. The number of aryl methyl sites for hydroxylation is 1. The van der Waals surface area contributed by atoms with E-state index >= 15 is 0 Å². The second-order valence-corrected chi connectivity index (χ2v) is 10.2. The molecule has 3 nitrogen and oxygen atoms in total. The van der Waals surface area contributed by atoms with Crippen LogP contribution in [0.4, 0.5) is 5.69 Å². The van der Waals surface area contributed by atoms with Crippen LogP contribution in [0, 0.1) is 5.92 Å². The van der Waals surface area contributed by atoms with Crippen molar-refractivity contribution in [3.05, 3.63) is 119 Å². The topological polar surface area (TPSA) is 30.8 Å². The molecule has 0 saturated heterocycles. The first-order valence-electron chi connectivity index (χ1n) is 12.1. The molecule has 4 heteroatoms. The number of ether oxygens (including phenoxy) is 2. The van der Waals surface area contributed by atoms with Gasteiger partial charge in [0, 0.05) is 16.1 Å². The Morgan fingerprint density at radius 1 is 0.857 bits per heavy atom. The van der Waals surface area contributed by atoms with Crippen molar-refractivity contribution in [2.24, 2.45) is 10.9 Å². The lowest BCUT2D eigenvalue weighted by atomic mass is 9.78. The molecule has 0 radical (unpaired) electrons. The first-order valence-corrected chi connectivity index (χ1v) is 13.0. The summed E-state index contributed by atoms with van der Waals surface area (Å²) in [6.45, 7) is 0.505. The molecule has 4 aromatic carbocycles. The van der Waals surface area contributed by atoms with Crippen LogP contribution < -0.4 is 9.47 Å². The van der Waals surface area contributed by atoms with Gasteiger partial charge in [0.2, 0.25) is 0 Å². The van der Waals surface area contributed by atoms with E-state index in [-0.39, 0.29) is 5.25 Å². The highest BCUT2D eigenvalue weighted by atomic mass is 32.2. The number of rotatable bonds is 5. The highest BCUT2D eigenvalue weighted by Crippen LogP contribution is 2.52. The Morgan fingerprint density at radius 2 is 1.66 bits per heavy atom. The van der Waals surface area contributed by atoms with Crippen LogP contribution in [0.1, 0.15) is 33.9 Å². The minimum absolute atomic E-state index is 0.232. The molecule has 1 heterocycles. The van der Waals surface area contributed by atoms with E-state index < -0.39 is 0 Å². The highest BCUT2D eigenvalue weighted by Gasteiger charge is 2.36. The normalized spacial score (nSPS) is 18.4. The van der Waals surface area contributed by atoms with Crippen molar-refractivity contribution in [2.75, 3.05) is 7.11 Å². The summed E-state index contributed by atoms with van der Waals surface area (Å²) in [4.78, 5) is 6.47. The zero-order chi connectivity index (χ0) is 23.6. The fraction of sp³-hybridized carbons (Fsp3) is 0.194. The number of hydrogen-bond donors (Lipinski definition) is 0. The molecule has 0 aromatic heterocycles. The second kappa shape index (κ2) is 9.63. The van der Waals surface area contributed by atoms with E-state index in [4.69, 9.17) is 14.5 Å². The van der Waals surface area contributed by atoms with E-state index in [9.17, 15) is 0 Å². The standard InChI is InChI=1S/C31H27NO2S/c1-33-27-18-16-23(19-28(27)34-20-21-9-3-2-4-10-21)31-25-17-15-22-11-5-6-12-24(22)30(25)32-26-13-7-8-14-29(26)35-31/h2-14,16,18-19,25,31H,15,17,20H2,1H3/t25-,31-/m0/s1. The van der Waals surface area contributed by atoms with Crippen molar-refractivity contribution >= 4 is 23.2 Å². The number of para-hydroxylation sites is 1. The van der Waals surface area contributed by atoms with Crippen molar-refractivity contribution < 1.29 is 9.47 Å². The number of fused-ring (bicyclic) bond motifs is 4.